The number of benzene rings is 4. The molecule has 316 valence electrons. The molecule has 0 spiro atoms. The molecule has 4 unspecified atom stereocenters. The number of aromatic amines is 2. The molecule has 14 heteroatoms. The summed E-state index contributed by atoms with van der Waals surface area (Å²) in [6, 6.07) is 30.2. The number of nitrogens with zero attached hydrogens (tertiary/aromatic N) is 4. The maximum absolute atomic E-state index is 14.3. The smallest absolute Gasteiger partial charge is 0.407 e. The molecule has 11 rings (SSSR count). The zero-order valence-corrected chi connectivity index (χ0v) is 34.3. The molecule has 5 heterocycles. The number of fused-ring (bicyclic) bond motifs is 4. The summed E-state index contributed by atoms with van der Waals surface area (Å²) in [5, 5.41) is 6.03. The molecule has 3 amide bonds. The second kappa shape index (κ2) is 15.8. The quantitative estimate of drug-likeness (QED) is 0.0914. The molecule has 5 aliphatic rings. The summed E-state index contributed by atoms with van der Waals surface area (Å²) in [5.74, 6) is 2.35. The van der Waals surface area contributed by atoms with Crippen LogP contribution in [0.2, 0.25) is 0 Å². The first-order chi connectivity index (χ1) is 30.4. The van der Waals surface area contributed by atoms with E-state index in [1.54, 1.807) is 0 Å². The number of rotatable bonds is 13. The van der Waals surface area contributed by atoms with E-state index in [0.717, 1.165) is 83.4 Å². The molecule has 5 fully saturated rings. The minimum absolute atomic E-state index is 0.0102. The first-order valence-electron chi connectivity index (χ1n) is 21.6. The van der Waals surface area contributed by atoms with Crippen molar-refractivity contribution in [3.05, 3.63) is 143 Å². The molecule has 6 aromatic rings. The summed E-state index contributed by atoms with van der Waals surface area (Å²) in [7, 11) is 1.30. The first-order valence-corrected chi connectivity index (χ1v) is 21.6. The number of ether oxygens (including phenoxy) is 3. The Morgan fingerprint density at radius 3 is 1.69 bits per heavy atom. The number of piperidine rings is 2. The number of hydrogen-bond donors (Lipinski definition) is 4. The molecule has 4 N–H and O–H groups in total. The fraction of sp³-hybridized carbons (Fsp3) is 0.354. The highest BCUT2D eigenvalue weighted by molar-refractivity contribution is 5.88. The monoisotopic (exact) mass is 832 g/mol. The van der Waals surface area contributed by atoms with Crippen molar-refractivity contribution in [3.8, 4) is 0 Å². The number of carbonyl (C=O) groups is 3. The van der Waals surface area contributed by atoms with Crippen LogP contribution in [-0.4, -0.2) is 80.0 Å². The van der Waals surface area contributed by atoms with Crippen LogP contribution in [0.4, 0.5) is 4.79 Å². The van der Waals surface area contributed by atoms with Gasteiger partial charge in [0.25, 0.3) is 5.91 Å². The van der Waals surface area contributed by atoms with Crippen LogP contribution in [0.1, 0.15) is 83.8 Å². The lowest BCUT2D eigenvalue weighted by Crippen LogP contribution is -2.50. The van der Waals surface area contributed by atoms with Gasteiger partial charge in [-0.25, -0.2) is 14.8 Å². The number of allylic oxidation sites excluding steroid dienone is 2. The van der Waals surface area contributed by atoms with Crippen LogP contribution < -0.4 is 10.6 Å². The number of H-pyrrole nitrogens is 2. The molecule has 3 aliphatic heterocycles. The Labute approximate surface area is 358 Å². The second-order valence-electron chi connectivity index (χ2n) is 17.2. The summed E-state index contributed by atoms with van der Waals surface area (Å²) in [6.45, 7) is 0.218. The van der Waals surface area contributed by atoms with Gasteiger partial charge in [0.05, 0.1) is 41.3 Å². The van der Waals surface area contributed by atoms with Crippen molar-refractivity contribution in [3.63, 3.8) is 0 Å². The zero-order chi connectivity index (χ0) is 41.9. The van der Waals surface area contributed by atoms with Gasteiger partial charge < -0.3 is 39.3 Å². The molecule has 2 aromatic heterocycles. The van der Waals surface area contributed by atoms with Gasteiger partial charge in [-0.3, -0.25) is 14.9 Å². The van der Waals surface area contributed by atoms with E-state index in [1.165, 1.54) is 12.7 Å². The Morgan fingerprint density at radius 1 is 0.710 bits per heavy atom. The highest BCUT2D eigenvalue weighted by Gasteiger charge is 2.57. The molecular formula is C48H48N8O6. The number of methoxy groups -OCH3 is 1. The van der Waals surface area contributed by atoms with Crippen LogP contribution in [0.15, 0.2) is 109 Å². The van der Waals surface area contributed by atoms with Crippen molar-refractivity contribution in [1.29, 1.82) is 0 Å². The lowest BCUT2D eigenvalue weighted by molar-refractivity contribution is -0.335. The molecule has 4 aromatic carbocycles. The average molecular weight is 833 g/mol. The van der Waals surface area contributed by atoms with Gasteiger partial charge in [0, 0.05) is 12.1 Å². The van der Waals surface area contributed by atoms with E-state index < -0.39 is 24.6 Å². The van der Waals surface area contributed by atoms with E-state index >= 15 is 0 Å². The zero-order valence-electron chi connectivity index (χ0n) is 34.3. The van der Waals surface area contributed by atoms with Crippen molar-refractivity contribution in [1.82, 2.24) is 40.4 Å². The molecule has 14 nitrogen and oxygen atoms in total. The maximum Gasteiger partial charge on any atom is 0.407 e. The molecule has 3 saturated heterocycles. The highest BCUT2D eigenvalue weighted by atomic mass is 16.9. The fourth-order valence-corrected chi connectivity index (χ4v) is 9.93. The lowest BCUT2D eigenvalue weighted by Gasteiger charge is -2.35. The van der Waals surface area contributed by atoms with Gasteiger partial charge in [-0.15, -0.1) is 0 Å². The van der Waals surface area contributed by atoms with Gasteiger partial charge in [0.2, 0.25) is 12.3 Å². The van der Waals surface area contributed by atoms with E-state index in [4.69, 9.17) is 24.2 Å². The predicted octanol–water partition coefficient (Wildman–Crippen LogP) is 6.82. The van der Waals surface area contributed by atoms with Crippen LogP contribution in [-0.2, 0) is 36.6 Å². The predicted molar refractivity (Wildman–Crippen MR) is 229 cm³/mol. The van der Waals surface area contributed by atoms with Gasteiger partial charge in [-0.1, -0.05) is 84.9 Å². The van der Waals surface area contributed by atoms with E-state index in [-0.39, 0.29) is 42.8 Å². The fourth-order valence-electron chi connectivity index (χ4n) is 9.93. The Balaban J connectivity index is 0.751. The third kappa shape index (κ3) is 7.31. The number of aromatic nitrogens is 4. The first kappa shape index (κ1) is 38.6. The summed E-state index contributed by atoms with van der Waals surface area (Å²) in [5.41, 5.74) is 7.53. The van der Waals surface area contributed by atoms with E-state index in [1.807, 2.05) is 76.5 Å². The third-order valence-electron chi connectivity index (χ3n) is 13.3. The second-order valence-corrected chi connectivity index (χ2v) is 17.2. The van der Waals surface area contributed by atoms with E-state index in [2.05, 4.69) is 63.1 Å². The van der Waals surface area contributed by atoms with E-state index in [9.17, 15) is 14.4 Å². The van der Waals surface area contributed by atoms with Crippen molar-refractivity contribution >= 4 is 40.0 Å². The molecule has 0 bridgehead atoms. The minimum atomic E-state index is -0.858. The van der Waals surface area contributed by atoms with Crippen LogP contribution in [0.25, 0.3) is 22.1 Å². The number of hydrogen-bond acceptors (Lipinski definition) is 9. The van der Waals surface area contributed by atoms with Crippen molar-refractivity contribution in [2.75, 3.05) is 13.9 Å². The minimum Gasteiger partial charge on any atom is -0.453 e. The molecule has 0 radical (unpaired) electrons. The number of carbonyl (C=O) groups excluding carboxylic acids is 3. The largest absolute Gasteiger partial charge is 0.453 e. The maximum atomic E-state index is 14.3. The van der Waals surface area contributed by atoms with Crippen molar-refractivity contribution in [2.45, 2.75) is 81.2 Å². The SMILES string of the molecule is COC(=O)N[C@@H](C(=O)N1C2CC2C[C@H]1c1nc2ccc(C/C=C/Cc3ccc4nc([C@@H]5CC6CC6N5C(=O)[C@H](NC5OCO5)c5ccccc5)[nH]c4c3)cc2[nH]1)c1ccccc1. The number of amides is 3. The topological polar surface area (TPSA) is 167 Å². The summed E-state index contributed by atoms with van der Waals surface area (Å²) in [6.07, 6.45) is 8.34. The number of nitrogens with one attached hydrogen (secondary N) is 4. The lowest BCUT2D eigenvalue weighted by atomic mass is 10.0. The average Bonchev–Trinajstić information content (AvgIpc) is 3.95. The summed E-state index contributed by atoms with van der Waals surface area (Å²) < 4.78 is 15.8. The molecule has 2 saturated carbocycles. The highest BCUT2D eigenvalue weighted by Crippen LogP contribution is 2.55. The summed E-state index contributed by atoms with van der Waals surface area (Å²) in [4.78, 5) is 61.9. The Kier molecular flexibility index (Phi) is 9.85. The van der Waals surface area contributed by atoms with Crippen LogP contribution in [0, 0.1) is 11.8 Å². The Bertz CT molecular complexity index is 2680. The van der Waals surface area contributed by atoms with Crippen LogP contribution >= 0.6 is 0 Å². The standard InChI is InChI=1S/C48H48N8O6/c1-60-47(59)53-41(29-12-4-2-5-13-29)45(57)55-37-22-31(37)24-39(55)43-49-33-18-16-27(20-35(33)51-43)10-8-9-11-28-17-19-34-36(21-28)52-44(50-34)40-25-32-23-38(32)56(40)46(58)42(54-48-61-26-62-48)30-14-6-3-7-15-30/h2-9,12-21,31-32,37-42,48,54H,10-11,22-26H2,1H3,(H,49,51)(H,50,52)(H,53,59)/b9-8+/t31?,32?,37?,38?,39-,40-,41+,42+/m0/s1. The van der Waals surface area contributed by atoms with Gasteiger partial charge in [-0.05, 0) is 96.9 Å². The van der Waals surface area contributed by atoms with Crippen LogP contribution in [0.3, 0.4) is 0 Å². The van der Waals surface area contributed by atoms with Crippen molar-refractivity contribution < 1.29 is 28.6 Å². The van der Waals surface area contributed by atoms with Gasteiger partial charge in [0.1, 0.15) is 23.7 Å². The van der Waals surface area contributed by atoms with Crippen LogP contribution in [0.5, 0.6) is 0 Å². The van der Waals surface area contributed by atoms with Gasteiger partial charge in [0.15, 0.2) is 6.79 Å². The molecular weight excluding hydrogens is 785 g/mol. The Hall–Kier alpha value is -6.35. The van der Waals surface area contributed by atoms with Gasteiger partial charge in [-0.2, -0.15) is 0 Å². The molecule has 2 aliphatic carbocycles. The normalized spacial score (nSPS) is 24.8. The molecule has 62 heavy (non-hydrogen) atoms. The van der Waals surface area contributed by atoms with E-state index in [0.29, 0.717) is 17.4 Å². The number of alkyl carbamates (subject to hydrolysis) is 1. The van der Waals surface area contributed by atoms with Gasteiger partial charge >= 0.3 is 6.09 Å². The van der Waals surface area contributed by atoms with Crippen molar-refractivity contribution in [2.24, 2.45) is 11.8 Å². The number of likely N-dealkylation sites (tertiary alicyclic amines) is 2. The number of imidazole rings is 2. The Morgan fingerprint density at radius 2 is 1.21 bits per heavy atom. The molecule has 8 atom stereocenters. The third-order valence-corrected chi connectivity index (χ3v) is 13.3. The summed E-state index contributed by atoms with van der Waals surface area (Å²) >= 11 is 0.